The minimum Gasteiger partial charge on any atom is -0.353 e. The van der Waals surface area contributed by atoms with Crippen molar-refractivity contribution < 1.29 is 0 Å². The Labute approximate surface area is 97.5 Å². The van der Waals surface area contributed by atoms with Crippen LogP contribution in [0.1, 0.15) is 27.2 Å². The van der Waals surface area contributed by atoms with Gasteiger partial charge in [0.15, 0.2) is 0 Å². The quantitative estimate of drug-likeness (QED) is 0.279. The van der Waals surface area contributed by atoms with Crippen molar-refractivity contribution in [3.8, 4) is 0 Å². The Morgan fingerprint density at radius 1 is 1.40 bits per heavy atom. The fourth-order valence-corrected chi connectivity index (χ4v) is 1.60. The zero-order valence-corrected chi connectivity index (χ0v) is 11.0. The van der Waals surface area contributed by atoms with Crippen LogP contribution in [0, 0.1) is 5.92 Å². The summed E-state index contributed by atoms with van der Waals surface area (Å²) in [5, 5.41) is 3.26. The number of nitrogens with two attached hydrogens (primary N) is 1. The molecule has 15 heavy (non-hydrogen) atoms. The normalized spacial score (nSPS) is 14.1. The molecule has 1 unspecified atom stereocenters. The molecule has 4 nitrogen and oxygen atoms in total. The van der Waals surface area contributed by atoms with Gasteiger partial charge in [-0.1, -0.05) is 13.8 Å². The third kappa shape index (κ3) is 8.57. The first-order valence-electron chi connectivity index (χ1n) is 5.36. The second-order valence-corrected chi connectivity index (χ2v) is 5.04. The van der Waals surface area contributed by atoms with Crippen LogP contribution in [-0.4, -0.2) is 30.6 Å². The Morgan fingerprint density at radius 2 is 2.07 bits per heavy atom. The van der Waals surface area contributed by atoms with Gasteiger partial charge in [-0.25, -0.2) is 5.84 Å². The highest BCUT2D eigenvalue weighted by atomic mass is 32.2. The molecule has 0 aromatic heterocycles. The predicted octanol–water partition coefficient (Wildman–Crippen LogP) is 1.19. The first-order chi connectivity index (χ1) is 7.10. The van der Waals surface area contributed by atoms with E-state index in [-0.39, 0.29) is 0 Å². The first-order valence-corrected chi connectivity index (χ1v) is 6.76. The molecular formula is C10H24N4S. The lowest BCUT2D eigenvalue weighted by Gasteiger charge is -2.16. The molecule has 1 atom stereocenters. The summed E-state index contributed by atoms with van der Waals surface area (Å²) in [5.41, 5.74) is 2.60. The second-order valence-electron chi connectivity index (χ2n) is 4.05. The molecule has 0 bridgehead atoms. The molecule has 0 radical (unpaired) electrons. The fraction of sp³-hybridized carbons (Fsp3) is 0.900. The number of guanidine groups is 1. The van der Waals surface area contributed by atoms with Crippen LogP contribution >= 0.6 is 11.8 Å². The molecule has 0 fully saturated rings. The zero-order valence-electron chi connectivity index (χ0n) is 10.2. The minimum absolute atomic E-state index is 0.402. The van der Waals surface area contributed by atoms with Gasteiger partial charge in [-0.3, -0.25) is 10.4 Å². The number of hydrogen-bond acceptors (Lipinski definition) is 3. The van der Waals surface area contributed by atoms with Crippen LogP contribution in [0.5, 0.6) is 0 Å². The van der Waals surface area contributed by atoms with E-state index in [0.29, 0.717) is 17.9 Å². The fourth-order valence-electron chi connectivity index (χ4n) is 1.01. The molecule has 0 aliphatic heterocycles. The summed E-state index contributed by atoms with van der Waals surface area (Å²) in [7, 11) is 0. The molecule has 0 heterocycles. The highest BCUT2D eigenvalue weighted by Crippen LogP contribution is 1.99. The lowest BCUT2D eigenvalue weighted by molar-refractivity contribution is 0.616. The molecule has 0 saturated carbocycles. The predicted molar refractivity (Wildman–Crippen MR) is 70.1 cm³/mol. The van der Waals surface area contributed by atoms with Crippen LogP contribution < -0.4 is 16.6 Å². The molecule has 0 amide bonds. The molecule has 0 aliphatic rings. The molecule has 0 spiro atoms. The van der Waals surface area contributed by atoms with Gasteiger partial charge < -0.3 is 5.32 Å². The van der Waals surface area contributed by atoms with Gasteiger partial charge >= 0.3 is 0 Å². The Balaban J connectivity index is 3.91. The van der Waals surface area contributed by atoms with E-state index in [9.17, 15) is 0 Å². The van der Waals surface area contributed by atoms with Gasteiger partial charge in [0.05, 0.1) is 0 Å². The molecule has 0 aliphatic carbocycles. The average molecular weight is 232 g/mol. The van der Waals surface area contributed by atoms with Crippen molar-refractivity contribution in [2.75, 3.05) is 18.6 Å². The Bertz CT molecular complexity index is 182. The van der Waals surface area contributed by atoms with Crippen LogP contribution in [0.2, 0.25) is 0 Å². The van der Waals surface area contributed by atoms with Crippen LogP contribution in [0.25, 0.3) is 0 Å². The third-order valence-electron chi connectivity index (χ3n) is 1.89. The maximum absolute atomic E-state index is 5.39. The summed E-state index contributed by atoms with van der Waals surface area (Å²) in [4.78, 5) is 4.35. The highest BCUT2D eigenvalue weighted by Gasteiger charge is 2.03. The minimum atomic E-state index is 0.402. The Morgan fingerprint density at radius 3 is 2.53 bits per heavy atom. The molecular weight excluding hydrogens is 208 g/mol. The molecule has 5 heteroatoms. The Hall–Kier alpha value is -0.420. The largest absolute Gasteiger partial charge is 0.353 e. The number of hydrogen-bond donors (Lipinski definition) is 3. The zero-order chi connectivity index (χ0) is 11.7. The van der Waals surface area contributed by atoms with Crippen LogP contribution in [-0.2, 0) is 0 Å². The van der Waals surface area contributed by atoms with Crippen molar-refractivity contribution in [2.45, 2.75) is 33.2 Å². The summed E-state index contributed by atoms with van der Waals surface area (Å²) < 4.78 is 0. The van der Waals surface area contributed by atoms with Gasteiger partial charge in [-0.15, -0.1) is 0 Å². The summed E-state index contributed by atoms with van der Waals surface area (Å²) in [6, 6.07) is 0.402. The number of hydrazine groups is 1. The van der Waals surface area contributed by atoms with E-state index in [0.717, 1.165) is 18.7 Å². The van der Waals surface area contributed by atoms with Gasteiger partial charge in [0, 0.05) is 12.6 Å². The standard InChI is InChI=1S/C10H24N4S/c1-8(2)7-12-10(14-11)13-9(3)5-6-15-4/h8-9H,5-7,11H2,1-4H3,(H2,12,13,14). The van der Waals surface area contributed by atoms with Gasteiger partial charge in [0.25, 0.3) is 0 Å². The van der Waals surface area contributed by atoms with E-state index < -0.39 is 0 Å². The van der Waals surface area contributed by atoms with Crippen LogP contribution in [0.3, 0.4) is 0 Å². The smallest absolute Gasteiger partial charge is 0.205 e. The summed E-state index contributed by atoms with van der Waals surface area (Å²) >= 11 is 1.85. The topological polar surface area (TPSA) is 62.4 Å². The molecule has 0 rings (SSSR count). The van der Waals surface area contributed by atoms with Gasteiger partial charge in [-0.05, 0) is 31.3 Å². The maximum Gasteiger partial charge on any atom is 0.205 e. The monoisotopic (exact) mass is 232 g/mol. The third-order valence-corrected chi connectivity index (χ3v) is 2.53. The van der Waals surface area contributed by atoms with E-state index >= 15 is 0 Å². The molecule has 4 N–H and O–H groups in total. The molecule has 0 aromatic carbocycles. The maximum atomic E-state index is 5.39. The number of nitrogens with one attached hydrogen (secondary N) is 2. The Kier molecular flexibility index (Phi) is 8.61. The van der Waals surface area contributed by atoms with E-state index in [1.54, 1.807) is 0 Å². The van der Waals surface area contributed by atoms with Crippen molar-refractivity contribution >= 4 is 17.7 Å². The second kappa shape index (κ2) is 8.85. The van der Waals surface area contributed by atoms with Crippen LogP contribution in [0.4, 0.5) is 0 Å². The number of thioether (sulfide) groups is 1. The average Bonchev–Trinajstić information content (AvgIpc) is 2.20. The van der Waals surface area contributed by atoms with E-state index in [1.807, 2.05) is 11.8 Å². The molecule has 90 valence electrons. The number of aliphatic imine (C=N–C) groups is 1. The number of rotatable bonds is 6. The lowest BCUT2D eigenvalue weighted by Crippen LogP contribution is -2.45. The van der Waals surface area contributed by atoms with Gasteiger partial charge in [0.2, 0.25) is 5.96 Å². The van der Waals surface area contributed by atoms with E-state index in [2.05, 4.69) is 42.8 Å². The highest BCUT2D eigenvalue weighted by molar-refractivity contribution is 7.98. The van der Waals surface area contributed by atoms with Crippen LogP contribution in [0.15, 0.2) is 4.99 Å². The molecule has 0 saturated heterocycles. The van der Waals surface area contributed by atoms with E-state index in [1.165, 1.54) is 0 Å². The van der Waals surface area contributed by atoms with Crippen molar-refractivity contribution in [3.05, 3.63) is 0 Å². The lowest BCUT2D eigenvalue weighted by atomic mass is 10.2. The van der Waals surface area contributed by atoms with E-state index in [4.69, 9.17) is 5.84 Å². The van der Waals surface area contributed by atoms with Gasteiger partial charge in [-0.2, -0.15) is 11.8 Å². The van der Waals surface area contributed by atoms with Crippen molar-refractivity contribution in [1.82, 2.24) is 10.7 Å². The first kappa shape index (κ1) is 14.6. The summed E-state index contributed by atoms with van der Waals surface area (Å²) in [5.74, 6) is 7.78. The molecule has 0 aromatic rings. The SMILES string of the molecule is CSCCC(C)NC(=NCC(C)C)NN. The van der Waals surface area contributed by atoms with Crippen molar-refractivity contribution in [1.29, 1.82) is 0 Å². The summed E-state index contributed by atoms with van der Waals surface area (Å²) in [6.45, 7) is 7.20. The van der Waals surface area contributed by atoms with Crippen molar-refractivity contribution in [3.63, 3.8) is 0 Å². The van der Waals surface area contributed by atoms with Crippen molar-refractivity contribution in [2.24, 2.45) is 16.8 Å². The van der Waals surface area contributed by atoms with Gasteiger partial charge in [0.1, 0.15) is 0 Å². The summed E-state index contributed by atoms with van der Waals surface area (Å²) in [6.07, 6.45) is 3.23. The number of nitrogens with zero attached hydrogens (tertiary/aromatic N) is 1.